The molecule has 4 rings (SSSR count). The van der Waals surface area contributed by atoms with Crippen LogP contribution in [0.25, 0.3) is 11.1 Å². The number of aryl methyl sites for hydroxylation is 1. The van der Waals surface area contributed by atoms with Gasteiger partial charge in [-0.05, 0) is 47.9 Å². The van der Waals surface area contributed by atoms with E-state index in [-0.39, 0.29) is 11.5 Å². The van der Waals surface area contributed by atoms with Gasteiger partial charge >= 0.3 is 0 Å². The fourth-order valence-corrected chi connectivity index (χ4v) is 3.28. The lowest BCUT2D eigenvalue weighted by atomic mass is 10.0. The van der Waals surface area contributed by atoms with E-state index in [4.69, 9.17) is 5.73 Å². The highest BCUT2D eigenvalue weighted by Crippen LogP contribution is 2.26. The Morgan fingerprint density at radius 2 is 1.64 bits per heavy atom. The third-order valence-electron chi connectivity index (χ3n) is 5.43. The SMILES string of the molecule is CC1CC1.Cn1cc(-c2ccc(C[C@H](N)C(=O)N3CCCC3)cc2)ccc1=O. The van der Waals surface area contributed by atoms with Crippen LogP contribution in [0.2, 0.25) is 0 Å². The molecule has 0 spiro atoms. The van der Waals surface area contributed by atoms with E-state index in [0.29, 0.717) is 6.42 Å². The zero-order chi connectivity index (χ0) is 20.1. The number of rotatable bonds is 4. The fourth-order valence-electron chi connectivity index (χ4n) is 3.28. The maximum Gasteiger partial charge on any atom is 0.250 e. The molecule has 0 bridgehead atoms. The average Bonchev–Trinajstić information content (AvgIpc) is 3.28. The number of amides is 1. The van der Waals surface area contributed by atoms with Crippen LogP contribution in [0.1, 0.15) is 38.2 Å². The van der Waals surface area contributed by atoms with Crippen molar-refractivity contribution in [1.29, 1.82) is 0 Å². The van der Waals surface area contributed by atoms with E-state index in [1.807, 2.05) is 41.4 Å². The molecule has 5 nitrogen and oxygen atoms in total. The zero-order valence-electron chi connectivity index (χ0n) is 16.9. The molecule has 1 saturated heterocycles. The number of nitrogens with zero attached hydrogens (tertiary/aromatic N) is 2. The Balaban J connectivity index is 0.000000500. The van der Waals surface area contributed by atoms with Crippen LogP contribution in [-0.2, 0) is 18.3 Å². The smallest absolute Gasteiger partial charge is 0.250 e. The zero-order valence-corrected chi connectivity index (χ0v) is 16.9. The summed E-state index contributed by atoms with van der Waals surface area (Å²) in [5.41, 5.74) is 9.13. The standard InChI is InChI=1S/C19H23N3O2.C4H8/c1-21-13-16(8-9-18(21)23)15-6-4-14(5-7-15)12-17(20)19(24)22-10-2-3-11-22;1-4-2-3-4/h4-9,13,17H,2-3,10-12,20H2,1H3;4H,2-3H2,1H3/t17-;/m0./s1. The lowest BCUT2D eigenvalue weighted by Crippen LogP contribution is -2.43. The topological polar surface area (TPSA) is 68.3 Å². The number of aromatic nitrogens is 1. The van der Waals surface area contributed by atoms with Gasteiger partial charge in [0.25, 0.3) is 0 Å². The molecule has 1 aliphatic heterocycles. The van der Waals surface area contributed by atoms with Crippen molar-refractivity contribution in [3.05, 3.63) is 58.5 Å². The summed E-state index contributed by atoms with van der Waals surface area (Å²) in [5.74, 6) is 1.13. The number of nitrogens with two attached hydrogens (primary N) is 1. The van der Waals surface area contributed by atoms with Gasteiger partial charge in [0, 0.05) is 32.4 Å². The first-order valence-corrected chi connectivity index (χ1v) is 10.2. The quantitative estimate of drug-likeness (QED) is 0.885. The van der Waals surface area contributed by atoms with Gasteiger partial charge in [-0.2, -0.15) is 0 Å². The van der Waals surface area contributed by atoms with Crippen LogP contribution in [0.4, 0.5) is 0 Å². The van der Waals surface area contributed by atoms with Crippen molar-refractivity contribution in [3.8, 4) is 11.1 Å². The minimum absolute atomic E-state index is 0.0261. The first-order chi connectivity index (χ1) is 13.4. The predicted molar refractivity (Wildman–Crippen MR) is 113 cm³/mol. The normalized spacial score (nSPS) is 17.0. The van der Waals surface area contributed by atoms with Crippen molar-refractivity contribution in [3.63, 3.8) is 0 Å². The van der Waals surface area contributed by atoms with Gasteiger partial charge in [-0.3, -0.25) is 9.59 Å². The highest BCUT2D eigenvalue weighted by Gasteiger charge is 2.23. The molecule has 5 heteroatoms. The highest BCUT2D eigenvalue weighted by molar-refractivity contribution is 5.82. The van der Waals surface area contributed by atoms with Gasteiger partial charge in [-0.25, -0.2) is 0 Å². The second-order valence-electron chi connectivity index (χ2n) is 8.09. The molecule has 1 aliphatic carbocycles. The molecule has 2 aromatic rings. The molecule has 1 atom stereocenters. The van der Waals surface area contributed by atoms with E-state index >= 15 is 0 Å². The van der Waals surface area contributed by atoms with Gasteiger partial charge in [-0.1, -0.05) is 44.0 Å². The fraction of sp³-hybridized carbons (Fsp3) is 0.478. The largest absolute Gasteiger partial charge is 0.341 e. The van der Waals surface area contributed by atoms with Gasteiger partial charge in [0.15, 0.2) is 0 Å². The minimum atomic E-state index is -0.480. The first kappa shape index (κ1) is 20.3. The maximum absolute atomic E-state index is 12.3. The van der Waals surface area contributed by atoms with E-state index in [0.717, 1.165) is 48.5 Å². The molecule has 2 N–H and O–H groups in total. The number of carbonyl (C=O) groups is 1. The van der Waals surface area contributed by atoms with Gasteiger partial charge in [-0.15, -0.1) is 0 Å². The summed E-state index contributed by atoms with van der Waals surface area (Å²) in [6.45, 7) is 3.94. The average molecular weight is 382 g/mol. The Hall–Kier alpha value is -2.40. The monoisotopic (exact) mass is 381 g/mol. The van der Waals surface area contributed by atoms with Gasteiger partial charge < -0.3 is 15.2 Å². The van der Waals surface area contributed by atoms with Crippen LogP contribution in [0.3, 0.4) is 0 Å². The molecule has 1 saturated carbocycles. The minimum Gasteiger partial charge on any atom is -0.341 e. The molecule has 1 aromatic heterocycles. The lowest BCUT2D eigenvalue weighted by molar-refractivity contribution is -0.131. The van der Waals surface area contributed by atoms with Crippen molar-refractivity contribution >= 4 is 5.91 Å². The van der Waals surface area contributed by atoms with Gasteiger partial charge in [0.05, 0.1) is 6.04 Å². The summed E-state index contributed by atoms with van der Waals surface area (Å²) in [4.78, 5) is 25.6. The Labute approximate surface area is 167 Å². The molecule has 1 amide bonds. The Morgan fingerprint density at radius 1 is 1.07 bits per heavy atom. The van der Waals surface area contributed by atoms with E-state index in [2.05, 4.69) is 6.92 Å². The van der Waals surface area contributed by atoms with E-state index in [9.17, 15) is 9.59 Å². The molecule has 150 valence electrons. The Kier molecular flexibility index (Phi) is 6.68. The predicted octanol–water partition coefficient (Wildman–Crippen LogP) is 2.96. The molecule has 28 heavy (non-hydrogen) atoms. The van der Waals surface area contributed by atoms with E-state index < -0.39 is 6.04 Å². The molecule has 2 heterocycles. The molecule has 2 fully saturated rings. The number of likely N-dealkylation sites (tertiary alicyclic amines) is 1. The summed E-state index contributed by atoms with van der Waals surface area (Å²) in [6, 6.07) is 10.9. The van der Waals surface area contributed by atoms with Gasteiger partial charge in [0.2, 0.25) is 11.5 Å². The molecular formula is C23H31N3O2. The number of hydrogen-bond acceptors (Lipinski definition) is 3. The summed E-state index contributed by atoms with van der Waals surface area (Å²) in [6.07, 6.45) is 7.49. The van der Waals surface area contributed by atoms with Crippen LogP contribution >= 0.6 is 0 Å². The molecular weight excluding hydrogens is 350 g/mol. The molecule has 1 aromatic carbocycles. The first-order valence-electron chi connectivity index (χ1n) is 10.2. The van der Waals surface area contributed by atoms with Crippen LogP contribution in [0.15, 0.2) is 47.4 Å². The second-order valence-corrected chi connectivity index (χ2v) is 8.09. The van der Waals surface area contributed by atoms with E-state index in [1.165, 1.54) is 12.8 Å². The van der Waals surface area contributed by atoms with Crippen molar-refractivity contribution in [2.75, 3.05) is 13.1 Å². The number of pyridine rings is 1. The number of benzene rings is 1. The Morgan fingerprint density at radius 3 is 2.18 bits per heavy atom. The summed E-state index contributed by atoms with van der Waals surface area (Å²) in [7, 11) is 1.74. The Bertz CT molecular complexity index is 847. The molecule has 0 radical (unpaired) electrons. The summed E-state index contributed by atoms with van der Waals surface area (Å²) < 4.78 is 1.56. The van der Waals surface area contributed by atoms with Gasteiger partial charge in [0.1, 0.15) is 0 Å². The van der Waals surface area contributed by atoms with Crippen LogP contribution < -0.4 is 11.3 Å². The van der Waals surface area contributed by atoms with Crippen molar-refractivity contribution in [2.45, 2.75) is 45.1 Å². The lowest BCUT2D eigenvalue weighted by Gasteiger charge is -2.20. The van der Waals surface area contributed by atoms with Crippen molar-refractivity contribution < 1.29 is 4.79 Å². The van der Waals surface area contributed by atoms with E-state index in [1.54, 1.807) is 17.7 Å². The third kappa shape index (κ3) is 5.55. The van der Waals surface area contributed by atoms with Crippen LogP contribution in [-0.4, -0.2) is 34.5 Å². The maximum atomic E-state index is 12.3. The second kappa shape index (κ2) is 9.20. The van der Waals surface area contributed by atoms with Crippen LogP contribution in [0, 0.1) is 5.92 Å². The third-order valence-corrected chi connectivity index (χ3v) is 5.43. The molecule has 0 unspecified atom stereocenters. The summed E-state index contributed by atoms with van der Waals surface area (Å²) in [5, 5.41) is 0. The number of hydrogen-bond donors (Lipinski definition) is 1. The van der Waals surface area contributed by atoms with Crippen LogP contribution in [0.5, 0.6) is 0 Å². The van der Waals surface area contributed by atoms with Crippen molar-refractivity contribution in [1.82, 2.24) is 9.47 Å². The number of carbonyl (C=O) groups excluding carboxylic acids is 1. The molecule has 2 aliphatic rings. The van der Waals surface area contributed by atoms with Crippen molar-refractivity contribution in [2.24, 2.45) is 18.7 Å². The highest BCUT2D eigenvalue weighted by atomic mass is 16.2. The summed E-state index contributed by atoms with van der Waals surface area (Å²) >= 11 is 0.